The molecule has 1 rings (SSSR count). The van der Waals surface area contributed by atoms with Crippen molar-refractivity contribution in [2.45, 2.75) is 12.1 Å². The predicted molar refractivity (Wildman–Crippen MR) is 38.6 cm³/mol. The fourth-order valence-corrected chi connectivity index (χ4v) is 1.20. The van der Waals surface area contributed by atoms with Crippen molar-refractivity contribution in [3.63, 3.8) is 0 Å². The Morgan fingerprint density at radius 3 is 3.00 bits per heavy atom. The summed E-state index contributed by atoms with van der Waals surface area (Å²) in [5.74, 6) is 0. The number of nitrogens with one attached hydrogen (secondary N) is 2. The van der Waals surface area contributed by atoms with Crippen LogP contribution in [-0.2, 0) is 4.74 Å². The van der Waals surface area contributed by atoms with Crippen LogP contribution in [0.1, 0.15) is 0 Å². The van der Waals surface area contributed by atoms with Crippen molar-refractivity contribution in [3.05, 3.63) is 0 Å². The lowest BCUT2D eigenvalue weighted by molar-refractivity contribution is 0.0942. The van der Waals surface area contributed by atoms with Crippen LogP contribution in [0.5, 0.6) is 0 Å². The van der Waals surface area contributed by atoms with Gasteiger partial charge in [-0.25, -0.2) is 4.79 Å². The molecule has 2 atom stereocenters. The Morgan fingerprint density at radius 2 is 2.45 bits per heavy atom. The van der Waals surface area contributed by atoms with E-state index in [1.165, 1.54) is 0 Å². The molecular formula is C6H12N2O3. The second kappa shape index (κ2) is 3.54. The van der Waals surface area contributed by atoms with Crippen LogP contribution in [0.2, 0.25) is 0 Å². The van der Waals surface area contributed by atoms with Crippen molar-refractivity contribution >= 4 is 6.09 Å². The summed E-state index contributed by atoms with van der Waals surface area (Å²) in [6.07, 6.45) is -1.04. The second-order valence-electron chi connectivity index (χ2n) is 2.49. The lowest BCUT2D eigenvalue weighted by atomic mass is 10.2. The van der Waals surface area contributed by atoms with Gasteiger partial charge in [0.25, 0.3) is 0 Å². The van der Waals surface area contributed by atoms with Gasteiger partial charge in [-0.15, -0.1) is 0 Å². The fourth-order valence-electron chi connectivity index (χ4n) is 1.20. The first-order chi connectivity index (χ1) is 5.24. The molecule has 0 unspecified atom stereocenters. The number of methoxy groups -OCH3 is 1. The molecule has 1 amide bonds. The molecule has 1 aliphatic heterocycles. The van der Waals surface area contributed by atoms with Crippen molar-refractivity contribution < 1.29 is 14.6 Å². The number of carbonyl (C=O) groups is 1. The zero-order valence-electron chi connectivity index (χ0n) is 6.33. The van der Waals surface area contributed by atoms with E-state index < -0.39 is 6.09 Å². The van der Waals surface area contributed by atoms with Crippen molar-refractivity contribution in [2.75, 3.05) is 20.2 Å². The molecule has 1 fully saturated rings. The summed E-state index contributed by atoms with van der Waals surface area (Å²) in [6.45, 7) is 1.35. The van der Waals surface area contributed by atoms with E-state index >= 15 is 0 Å². The van der Waals surface area contributed by atoms with Crippen LogP contribution in [0.25, 0.3) is 0 Å². The highest BCUT2D eigenvalue weighted by atomic mass is 16.5. The number of carboxylic acid groups (broad SMARTS) is 1. The first-order valence-electron chi connectivity index (χ1n) is 3.47. The van der Waals surface area contributed by atoms with Gasteiger partial charge in [-0.3, -0.25) is 0 Å². The third kappa shape index (κ3) is 2.06. The highest BCUT2D eigenvalue weighted by Gasteiger charge is 2.27. The van der Waals surface area contributed by atoms with E-state index in [0.717, 1.165) is 0 Å². The molecule has 0 aliphatic carbocycles. The maximum Gasteiger partial charge on any atom is 0.405 e. The maximum absolute atomic E-state index is 10.2. The number of ether oxygens (including phenoxy) is 1. The molecule has 1 aliphatic rings. The molecule has 0 radical (unpaired) electrons. The predicted octanol–water partition coefficient (Wildman–Crippen LogP) is -0.759. The molecule has 3 N–H and O–H groups in total. The van der Waals surface area contributed by atoms with Crippen LogP contribution in [0.3, 0.4) is 0 Å². The molecule has 11 heavy (non-hydrogen) atoms. The van der Waals surface area contributed by atoms with Crippen LogP contribution < -0.4 is 10.6 Å². The van der Waals surface area contributed by atoms with Crippen LogP contribution in [0.4, 0.5) is 4.79 Å². The van der Waals surface area contributed by atoms with Crippen molar-refractivity contribution in [3.8, 4) is 0 Å². The molecule has 5 nitrogen and oxygen atoms in total. The molecule has 0 bridgehead atoms. The second-order valence-corrected chi connectivity index (χ2v) is 2.49. The smallest absolute Gasteiger partial charge is 0.405 e. The third-order valence-electron chi connectivity index (χ3n) is 1.77. The van der Waals surface area contributed by atoms with Crippen LogP contribution in [-0.4, -0.2) is 43.5 Å². The number of amides is 1. The van der Waals surface area contributed by atoms with E-state index in [1.807, 2.05) is 0 Å². The number of hydrogen-bond donors (Lipinski definition) is 3. The van der Waals surface area contributed by atoms with Gasteiger partial charge in [0.2, 0.25) is 0 Å². The standard InChI is InChI=1S/C6H12N2O3/c1-11-5-3-7-2-4(5)8-6(9)10/h4-5,7-8H,2-3H2,1H3,(H,9,10)/t4-,5-/m0/s1. The van der Waals surface area contributed by atoms with Crippen molar-refractivity contribution in [2.24, 2.45) is 0 Å². The molecule has 1 saturated heterocycles. The Bertz CT molecular complexity index is 151. The molecule has 64 valence electrons. The summed E-state index contributed by atoms with van der Waals surface area (Å²) in [5.41, 5.74) is 0. The molecule has 0 spiro atoms. The van der Waals surface area contributed by atoms with E-state index in [9.17, 15) is 4.79 Å². The Morgan fingerprint density at radius 1 is 1.73 bits per heavy atom. The van der Waals surface area contributed by atoms with E-state index in [4.69, 9.17) is 9.84 Å². The van der Waals surface area contributed by atoms with Gasteiger partial charge in [-0.05, 0) is 0 Å². The molecule has 0 saturated carbocycles. The van der Waals surface area contributed by atoms with Gasteiger partial charge in [0.15, 0.2) is 0 Å². The first-order valence-corrected chi connectivity index (χ1v) is 3.47. The topological polar surface area (TPSA) is 70.6 Å². The summed E-state index contributed by atoms with van der Waals surface area (Å²) in [4.78, 5) is 10.2. The molecule has 5 heteroatoms. The highest BCUT2D eigenvalue weighted by molar-refractivity contribution is 5.65. The minimum atomic E-state index is -0.999. The van der Waals surface area contributed by atoms with Gasteiger partial charge in [-0.1, -0.05) is 0 Å². The Balaban J connectivity index is 2.37. The summed E-state index contributed by atoms with van der Waals surface area (Å²) in [7, 11) is 1.58. The lowest BCUT2D eigenvalue weighted by Gasteiger charge is -2.15. The van der Waals surface area contributed by atoms with E-state index in [2.05, 4.69) is 10.6 Å². The monoisotopic (exact) mass is 160 g/mol. The van der Waals surface area contributed by atoms with Crippen LogP contribution in [0, 0.1) is 0 Å². The van der Waals surface area contributed by atoms with Gasteiger partial charge in [0.1, 0.15) is 0 Å². The van der Waals surface area contributed by atoms with E-state index in [-0.39, 0.29) is 12.1 Å². The average Bonchev–Trinajstić information content (AvgIpc) is 2.34. The number of rotatable bonds is 2. The Labute approximate surface area is 64.7 Å². The summed E-state index contributed by atoms with van der Waals surface area (Å²) in [5, 5.41) is 13.8. The zero-order chi connectivity index (χ0) is 8.27. The quantitative estimate of drug-likeness (QED) is 0.496. The van der Waals surface area contributed by atoms with Gasteiger partial charge < -0.3 is 20.5 Å². The Kier molecular flexibility index (Phi) is 2.67. The molecule has 0 aromatic carbocycles. The molecule has 0 aromatic rings. The highest BCUT2D eigenvalue weighted by Crippen LogP contribution is 2.02. The molecule has 0 aromatic heterocycles. The normalized spacial score (nSPS) is 30.3. The molecule has 1 heterocycles. The third-order valence-corrected chi connectivity index (χ3v) is 1.77. The van der Waals surface area contributed by atoms with Gasteiger partial charge in [0, 0.05) is 20.2 Å². The largest absolute Gasteiger partial charge is 0.465 e. The summed E-state index contributed by atoms with van der Waals surface area (Å²) >= 11 is 0. The van der Waals surface area contributed by atoms with Crippen LogP contribution in [0.15, 0.2) is 0 Å². The fraction of sp³-hybridized carbons (Fsp3) is 0.833. The summed E-state index contributed by atoms with van der Waals surface area (Å²) in [6, 6.07) is -0.113. The van der Waals surface area contributed by atoms with Crippen LogP contribution >= 0.6 is 0 Å². The minimum absolute atomic E-state index is 0.0360. The maximum atomic E-state index is 10.2. The van der Waals surface area contributed by atoms with E-state index in [1.54, 1.807) is 7.11 Å². The average molecular weight is 160 g/mol. The van der Waals surface area contributed by atoms with Crippen molar-refractivity contribution in [1.29, 1.82) is 0 Å². The lowest BCUT2D eigenvalue weighted by Crippen LogP contribution is -2.42. The zero-order valence-corrected chi connectivity index (χ0v) is 6.33. The first kappa shape index (κ1) is 8.29. The minimum Gasteiger partial charge on any atom is -0.465 e. The molecular weight excluding hydrogens is 148 g/mol. The van der Waals surface area contributed by atoms with Crippen molar-refractivity contribution in [1.82, 2.24) is 10.6 Å². The van der Waals surface area contributed by atoms with Gasteiger partial charge >= 0.3 is 6.09 Å². The van der Waals surface area contributed by atoms with Gasteiger partial charge in [0.05, 0.1) is 12.1 Å². The van der Waals surface area contributed by atoms with E-state index in [0.29, 0.717) is 13.1 Å². The summed E-state index contributed by atoms with van der Waals surface area (Å²) < 4.78 is 5.04. The Hall–Kier alpha value is -0.810. The number of hydrogen-bond acceptors (Lipinski definition) is 3. The van der Waals surface area contributed by atoms with Gasteiger partial charge in [-0.2, -0.15) is 0 Å². The SMILES string of the molecule is CO[C@H]1CNC[C@@H]1NC(=O)O.